The molecule has 0 aromatic carbocycles. The molecule has 0 aliphatic carbocycles. The number of amides is 1. The molecule has 0 bridgehead atoms. The van der Waals surface area contributed by atoms with Gasteiger partial charge >= 0.3 is 0 Å². The van der Waals surface area contributed by atoms with Crippen LogP contribution in [0.1, 0.15) is 40.0 Å². The van der Waals surface area contributed by atoms with E-state index in [1.165, 1.54) is 0 Å². The van der Waals surface area contributed by atoms with Gasteiger partial charge in [0.15, 0.2) is 0 Å². The largest absolute Gasteiger partial charge is 0.409 e. The number of nitrogens with two attached hydrogens (primary N) is 1. The first kappa shape index (κ1) is 13.7. The molecule has 0 spiro atoms. The number of nitrogens with one attached hydrogen (secondary N) is 1. The van der Waals surface area contributed by atoms with Gasteiger partial charge in [-0.05, 0) is 12.3 Å². The average Bonchev–Trinajstić information content (AvgIpc) is 2.15. The summed E-state index contributed by atoms with van der Waals surface area (Å²) in [4.78, 5) is 11.4. The second kappa shape index (κ2) is 7.09. The van der Waals surface area contributed by atoms with Gasteiger partial charge in [0.25, 0.3) is 0 Å². The zero-order chi connectivity index (χ0) is 11.8. The maximum Gasteiger partial charge on any atom is 0.220 e. The number of hydrogen-bond acceptors (Lipinski definition) is 3. The SMILES string of the molecule is CCC(CC(N)=NO)NC(=O)CC(C)C. The molecule has 5 nitrogen and oxygen atoms in total. The van der Waals surface area contributed by atoms with Gasteiger partial charge in [-0.2, -0.15) is 0 Å². The first-order valence-electron chi connectivity index (χ1n) is 5.25. The minimum Gasteiger partial charge on any atom is -0.409 e. The van der Waals surface area contributed by atoms with Crippen LogP contribution in [0.2, 0.25) is 0 Å². The van der Waals surface area contributed by atoms with E-state index >= 15 is 0 Å². The van der Waals surface area contributed by atoms with Gasteiger partial charge in [-0.3, -0.25) is 4.79 Å². The Morgan fingerprint density at radius 2 is 2.07 bits per heavy atom. The van der Waals surface area contributed by atoms with Gasteiger partial charge in [0.05, 0.1) is 0 Å². The fourth-order valence-electron chi connectivity index (χ4n) is 1.25. The van der Waals surface area contributed by atoms with Crippen molar-refractivity contribution in [2.75, 3.05) is 0 Å². The molecule has 0 aromatic heterocycles. The Balaban J connectivity index is 4.04. The summed E-state index contributed by atoms with van der Waals surface area (Å²) in [5, 5.41) is 14.1. The summed E-state index contributed by atoms with van der Waals surface area (Å²) < 4.78 is 0. The van der Waals surface area contributed by atoms with Gasteiger partial charge in [-0.1, -0.05) is 25.9 Å². The summed E-state index contributed by atoms with van der Waals surface area (Å²) >= 11 is 0. The van der Waals surface area contributed by atoms with Crippen LogP contribution in [0.5, 0.6) is 0 Å². The topological polar surface area (TPSA) is 87.7 Å². The van der Waals surface area contributed by atoms with Gasteiger partial charge in [-0.25, -0.2) is 0 Å². The van der Waals surface area contributed by atoms with Crippen molar-refractivity contribution in [3.05, 3.63) is 0 Å². The number of carbonyl (C=O) groups is 1. The van der Waals surface area contributed by atoms with Crippen molar-refractivity contribution in [1.29, 1.82) is 0 Å². The number of oxime groups is 1. The van der Waals surface area contributed by atoms with Crippen LogP contribution in [-0.4, -0.2) is 23.0 Å². The van der Waals surface area contributed by atoms with Crippen molar-refractivity contribution in [2.24, 2.45) is 16.8 Å². The predicted molar refractivity (Wildman–Crippen MR) is 59.7 cm³/mol. The second-order valence-electron chi connectivity index (χ2n) is 4.07. The Morgan fingerprint density at radius 3 is 2.47 bits per heavy atom. The van der Waals surface area contributed by atoms with Crippen molar-refractivity contribution in [3.63, 3.8) is 0 Å². The lowest BCUT2D eigenvalue weighted by Crippen LogP contribution is -2.37. The smallest absolute Gasteiger partial charge is 0.220 e. The summed E-state index contributed by atoms with van der Waals surface area (Å²) in [6, 6.07) is -0.0489. The summed E-state index contributed by atoms with van der Waals surface area (Å²) in [5.41, 5.74) is 5.38. The molecule has 0 heterocycles. The molecule has 0 aromatic rings. The highest BCUT2D eigenvalue weighted by atomic mass is 16.4. The maximum atomic E-state index is 11.4. The van der Waals surface area contributed by atoms with E-state index in [9.17, 15) is 4.79 Å². The lowest BCUT2D eigenvalue weighted by molar-refractivity contribution is -0.122. The van der Waals surface area contributed by atoms with Gasteiger partial charge in [0, 0.05) is 18.9 Å². The third kappa shape index (κ3) is 6.76. The normalized spacial score (nSPS) is 14.0. The number of hydrogen-bond donors (Lipinski definition) is 3. The third-order valence-corrected chi connectivity index (χ3v) is 2.04. The van der Waals surface area contributed by atoms with Gasteiger partial charge in [-0.15, -0.1) is 0 Å². The highest BCUT2D eigenvalue weighted by Crippen LogP contribution is 2.02. The average molecular weight is 215 g/mol. The molecule has 0 rings (SSSR count). The van der Waals surface area contributed by atoms with E-state index < -0.39 is 0 Å². The third-order valence-electron chi connectivity index (χ3n) is 2.04. The lowest BCUT2D eigenvalue weighted by Gasteiger charge is -2.16. The zero-order valence-electron chi connectivity index (χ0n) is 9.66. The second-order valence-corrected chi connectivity index (χ2v) is 4.07. The minimum atomic E-state index is -0.0489. The number of carbonyl (C=O) groups excluding carboxylic acids is 1. The van der Waals surface area contributed by atoms with Crippen LogP contribution in [0.3, 0.4) is 0 Å². The molecule has 0 fully saturated rings. The van der Waals surface area contributed by atoms with E-state index in [1.54, 1.807) is 0 Å². The van der Waals surface area contributed by atoms with Gasteiger partial charge in [0.2, 0.25) is 5.91 Å². The van der Waals surface area contributed by atoms with Crippen LogP contribution >= 0.6 is 0 Å². The Labute approximate surface area is 90.7 Å². The highest BCUT2D eigenvalue weighted by Gasteiger charge is 2.13. The molecule has 1 unspecified atom stereocenters. The standard InChI is InChI=1S/C10H21N3O2/c1-4-8(6-9(11)13-15)12-10(14)5-7(2)3/h7-8,15H,4-6H2,1-3H3,(H2,11,13)(H,12,14). The summed E-state index contributed by atoms with van der Waals surface area (Å²) in [7, 11) is 0. The van der Waals surface area contributed by atoms with Crippen LogP contribution in [0.4, 0.5) is 0 Å². The first-order chi connectivity index (χ1) is 6.99. The summed E-state index contributed by atoms with van der Waals surface area (Å²) in [6.07, 6.45) is 1.66. The Bertz CT molecular complexity index is 227. The van der Waals surface area contributed by atoms with Gasteiger partial charge < -0.3 is 16.3 Å². The molecule has 5 heteroatoms. The molecule has 0 radical (unpaired) electrons. The van der Waals surface area contributed by atoms with E-state index in [0.29, 0.717) is 18.8 Å². The molecule has 1 atom stereocenters. The van der Waals surface area contributed by atoms with Crippen LogP contribution < -0.4 is 11.1 Å². The molecule has 1 amide bonds. The molecule has 15 heavy (non-hydrogen) atoms. The molecule has 0 aliphatic heterocycles. The number of amidine groups is 1. The minimum absolute atomic E-state index is 0.0163. The fourth-order valence-corrected chi connectivity index (χ4v) is 1.25. The quantitative estimate of drug-likeness (QED) is 0.268. The molecule has 0 aliphatic rings. The molecule has 0 saturated carbocycles. The fraction of sp³-hybridized carbons (Fsp3) is 0.800. The Hall–Kier alpha value is -1.26. The van der Waals surface area contributed by atoms with Crippen molar-refractivity contribution in [1.82, 2.24) is 5.32 Å². The van der Waals surface area contributed by atoms with E-state index in [2.05, 4.69) is 10.5 Å². The molecule has 0 saturated heterocycles. The molecule has 4 N–H and O–H groups in total. The van der Waals surface area contributed by atoms with Crippen molar-refractivity contribution >= 4 is 11.7 Å². The van der Waals surface area contributed by atoms with Gasteiger partial charge in [0.1, 0.15) is 5.84 Å². The van der Waals surface area contributed by atoms with E-state index in [0.717, 1.165) is 6.42 Å². The van der Waals surface area contributed by atoms with Crippen LogP contribution in [0.15, 0.2) is 5.16 Å². The summed E-state index contributed by atoms with van der Waals surface area (Å²) in [6.45, 7) is 5.93. The first-order valence-corrected chi connectivity index (χ1v) is 5.25. The van der Waals surface area contributed by atoms with Crippen molar-refractivity contribution in [2.45, 2.75) is 46.1 Å². The van der Waals surface area contributed by atoms with Crippen LogP contribution in [0, 0.1) is 5.92 Å². The number of nitrogens with zero attached hydrogens (tertiary/aromatic N) is 1. The molecule has 88 valence electrons. The highest BCUT2D eigenvalue weighted by molar-refractivity contribution is 5.82. The Kier molecular flexibility index (Phi) is 6.49. The van der Waals surface area contributed by atoms with Crippen LogP contribution in [-0.2, 0) is 4.79 Å². The van der Waals surface area contributed by atoms with Crippen LogP contribution in [0.25, 0.3) is 0 Å². The van der Waals surface area contributed by atoms with E-state index in [1.807, 2.05) is 20.8 Å². The Morgan fingerprint density at radius 1 is 1.47 bits per heavy atom. The number of rotatable bonds is 6. The lowest BCUT2D eigenvalue weighted by atomic mass is 10.1. The summed E-state index contributed by atoms with van der Waals surface area (Å²) in [5.74, 6) is 0.501. The molecular weight excluding hydrogens is 194 g/mol. The maximum absolute atomic E-state index is 11.4. The zero-order valence-corrected chi connectivity index (χ0v) is 9.66. The van der Waals surface area contributed by atoms with E-state index in [-0.39, 0.29) is 17.8 Å². The van der Waals surface area contributed by atoms with E-state index in [4.69, 9.17) is 10.9 Å². The predicted octanol–water partition coefficient (Wildman–Crippen LogP) is 1.06. The van der Waals surface area contributed by atoms with Crippen molar-refractivity contribution in [3.8, 4) is 0 Å². The van der Waals surface area contributed by atoms with Crippen molar-refractivity contribution < 1.29 is 10.0 Å². The molecular formula is C10H21N3O2. The monoisotopic (exact) mass is 215 g/mol.